The number of benzene rings is 1. The van der Waals surface area contributed by atoms with Gasteiger partial charge in [0.1, 0.15) is 0 Å². The average molecular weight is 288 g/mol. The van der Waals surface area contributed by atoms with Gasteiger partial charge in [0.25, 0.3) is 0 Å². The predicted molar refractivity (Wildman–Crippen MR) is 88.4 cm³/mol. The summed E-state index contributed by atoms with van der Waals surface area (Å²) in [6.07, 6.45) is 3.64. The zero-order valence-electron chi connectivity index (χ0n) is 13.5. The summed E-state index contributed by atoms with van der Waals surface area (Å²) in [6.45, 7) is 7.94. The van der Waals surface area contributed by atoms with Crippen molar-refractivity contribution >= 4 is 11.6 Å². The zero-order valence-corrected chi connectivity index (χ0v) is 13.5. The van der Waals surface area contributed by atoms with Crippen LogP contribution in [0.1, 0.15) is 40.0 Å². The summed E-state index contributed by atoms with van der Waals surface area (Å²) in [6, 6.07) is 10.5. The van der Waals surface area contributed by atoms with Gasteiger partial charge in [0.15, 0.2) is 0 Å². The van der Waals surface area contributed by atoms with E-state index in [1.165, 1.54) is 12.8 Å². The van der Waals surface area contributed by atoms with Crippen molar-refractivity contribution in [3.05, 3.63) is 30.3 Å². The zero-order chi connectivity index (χ0) is 15.2. The van der Waals surface area contributed by atoms with Crippen molar-refractivity contribution in [3.63, 3.8) is 0 Å². The normalized spacial score (nSPS) is 25.4. The van der Waals surface area contributed by atoms with Gasteiger partial charge in [-0.1, -0.05) is 44.9 Å². The molecule has 0 spiro atoms. The lowest BCUT2D eigenvalue weighted by molar-refractivity contribution is -0.121. The van der Waals surface area contributed by atoms with Crippen LogP contribution in [-0.2, 0) is 4.79 Å². The van der Waals surface area contributed by atoms with Gasteiger partial charge in [-0.15, -0.1) is 0 Å². The lowest BCUT2D eigenvalue weighted by atomic mass is 9.78. The van der Waals surface area contributed by atoms with E-state index in [0.29, 0.717) is 24.4 Å². The third kappa shape index (κ3) is 4.23. The molecular formula is C18H28N2O. The molecule has 116 valence electrons. The number of hydrogen-bond acceptors (Lipinski definition) is 2. The largest absolute Gasteiger partial charge is 0.363 e. The van der Waals surface area contributed by atoms with Gasteiger partial charge < -0.3 is 10.2 Å². The first kappa shape index (κ1) is 15.9. The van der Waals surface area contributed by atoms with Crippen LogP contribution in [0.5, 0.6) is 0 Å². The third-order valence-electron chi connectivity index (χ3n) is 4.89. The summed E-state index contributed by atoms with van der Waals surface area (Å²) >= 11 is 0. The smallest absolute Gasteiger partial charge is 0.239 e. The topological polar surface area (TPSA) is 32.3 Å². The van der Waals surface area contributed by atoms with Crippen LogP contribution in [0.15, 0.2) is 30.3 Å². The van der Waals surface area contributed by atoms with Gasteiger partial charge in [-0.2, -0.15) is 0 Å². The Labute approximate surface area is 128 Å². The molecule has 0 aromatic heterocycles. The molecule has 2 rings (SSSR count). The molecule has 0 radical (unpaired) electrons. The molecule has 1 saturated carbocycles. The Bertz CT molecular complexity index is 446. The Morgan fingerprint density at radius 1 is 1.24 bits per heavy atom. The molecule has 1 N–H and O–H groups in total. The molecular weight excluding hydrogens is 260 g/mol. The lowest BCUT2D eigenvalue weighted by Gasteiger charge is -2.35. The number of nitrogens with one attached hydrogen (secondary N) is 1. The van der Waals surface area contributed by atoms with Crippen LogP contribution < -0.4 is 10.2 Å². The number of anilines is 1. The summed E-state index contributed by atoms with van der Waals surface area (Å²) in [7, 11) is 0. The summed E-state index contributed by atoms with van der Waals surface area (Å²) in [5.41, 5.74) is 1.11. The first-order valence-electron chi connectivity index (χ1n) is 8.21. The van der Waals surface area contributed by atoms with Crippen molar-refractivity contribution in [3.8, 4) is 0 Å². The van der Waals surface area contributed by atoms with E-state index in [1.807, 2.05) is 18.2 Å². The lowest BCUT2D eigenvalue weighted by Crippen LogP contribution is -2.47. The second-order valence-electron chi connectivity index (χ2n) is 6.29. The highest BCUT2D eigenvalue weighted by Crippen LogP contribution is 2.29. The number of carbonyl (C=O) groups excluding carboxylic acids is 1. The van der Waals surface area contributed by atoms with Crippen molar-refractivity contribution < 1.29 is 4.79 Å². The predicted octanol–water partition coefficient (Wildman–Crippen LogP) is 3.45. The molecule has 3 unspecified atom stereocenters. The molecule has 1 fully saturated rings. The molecule has 3 nitrogen and oxygen atoms in total. The Balaban J connectivity index is 1.91. The Kier molecular flexibility index (Phi) is 5.66. The second-order valence-corrected chi connectivity index (χ2v) is 6.29. The van der Waals surface area contributed by atoms with Crippen molar-refractivity contribution in [1.29, 1.82) is 0 Å². The van der Waals surface area contributed by atoms with Crippen LogP contribution >= 0.6 is 0 Å². The van der Waals surface area contributed by atoms with Crippen molar-refractivity contribution in [2.24, 2.45) is 11.8 Å². The molecule has 0 aliphatic heterocycles. The van der Waals surface area contributed by atoms with E-state index in [2.05, 4.69) is 43.1 Å². The van der Waals surface area contributed by atoms with Gasteiger partial charge in [0.2, 0.25) is 5.91 Å². The molecule has 1 aromatic carbocycles. The van der Waals surface area contributed by atoms with Crippen LogP contribution in [-0.4, -0.2) is 25.0 Å². The first-order valence-corrected chi connectivity index (χ1v) is 8.21. The number of para-hydroxylation sites is 1. The molecule has 1 aliphatic rings. The van der Waals surface area contributed by atoms with Crippen LogP contribution in [0.3, 0.4) is 0 Å². The van der Waals surface area contributed by atoms with Crippen LogP contribution in [0.25, 0.3) is 0 Å². The molecule has 1 amide bonds. The minimum Gasteiger partial charge on any atom is -0.363 e. The van der Waals surface area contributed by atoms with Crippen molar-refractivity contribution in [2.75, 3.05) is 18.0 Å². The van der Waals surface area contributed by atoms with E-state index in [9.17, 15) is 4.79 Å². The van der Waals surface area contributed by atoms with Gasteiger partial charge in [0, 0.05) is 18.3 Å². The molecule has 0 saturated heterocycles. The van der Waals surface area contributed by atoms with Gasteiger partial charge >= 0.3 is 0 Å². The van der Waals surface area contributed by atoms with Gasteiger partial charge in [0.05, 0.1) is 6.54 Å². The standard InChI is InChI=1S/C18H28N2O/c1-4-20(16-10-6-5-7-11-16)13-18(21)19-17-12-8-9-14(2)15(17)3/h5-7,10-11,14-15,17H,4,8-9,12-13H2,1-3H3,(H,19,21). The van der Waals surface area contributed by atoms with E-state index in [1.54, 1.807) is 0 Å². The molecule has 3 atom stereocenters. The van der Waals surface area contributed by atoms with Crippen molar-refractivity contribution in [1.82, 2.24) is 5.32 Å². The fourth-order valence-electron chi connectivity index (χ4n) is 3.24. The number of likely N-dealkylation sites (N-methyl/N-ethyl adjacent to an activating group) is 1. The third-order valence-corrected chi connectivity index (χ3v) is 4.89. The molecule has 1 aliphatic carbocycles. The minimum atomic E-state index is 0.145. The fourth-order valence-corrected chi connectivity index (χ4v) is 3.24. The average Bonchev–Trinajstić information content (AvgIpc) is 2.50. The first-order chi connectivity index (χ1) is 10.1. The molecule has 3 heteroatoms. The Morgan fingerprint density at radius 2 is 1.95 bits per heavy atom. The van der Waals surface area contributed by atoms with Crippen LogP contribution in [0, 0.1) is 11.8 Å². The van der Waals surface area contributed by atoms with Crippen LogP contribution in [0.2, 0.25) is 0 Å². The number of nitrogens with zero attached hydrogens (tertiary/aromatic N) is 1. The van der Waals surface area contributed by atoms with Gasteiger partial charge in [-0.25, -0.2) is 0 Å². The number of carbonyl (C=O) groups is 1. The summed E-state index contributed by atoms with van der Waals surface area (Å²) in [4.78, 5) is 14.5. The Morgan fingerprint density at radius 3 is 2.62 bits per heavy atom. The molecule has 21 heavy (non-hydrogen) atoms. The SMILES string of the molecule is CCN(CC(=O)NC1CCCC(C)C1C)c1ccccc1. The van der Waals surface area contributed by atoms with E-state index < -0.39 is 0 Å². The maximum Gasteiger partial charge on any atom is 0.239 e. The molecule has 0 bridgehead atoms. The molecule has 1 aromatic rings. The van der Waals surface area contributed by atoms with E-state index in [4.69, 9.17) is 0 Å². The monoisotopic (exact) mass is 288 g/mol. The number of rotatable bonds is 5. The maximum absolute atomic E-state index is 12.4. The van der Waals surface area contributed by atoms with E-state index in [-0.39, 0.29) is 5.91 Å². The number of hydrogen-bond donors (Lipinski definition) is 1. The van der Waals surface area contributed by atoms with Gasteiger partial charge in [-0.05, 0) is 37.3 Å². The minimum absolute atomic E-state index is 0.145. The van der Waals surface area contributed by atoms with E-state index in [0.717, 1.165) is 18.7 Å². The van der Waals surface area contributed by atoms with Crippen LogP contribution in [0.4, 0.5) is 5.69 Å². The highest BCUT2D eigenvalue weighted by Gasteiger charge is 2.28. The van der Waals surface area contributed by atoms with Gasteiger partial charge in [-0.3, -0.25) is 4.79 Å². The van der Waals surface area contributed by atoms with E-state index >= 15 is 0 Å². The summed E-state index contributed by atoms with van der Waals surface area (Å²) in [5.74, 6) is 1.43. The highest BCUT2D eigenvalue weighted by atomic mass is 16.2. The Hall–Kier alpha value is -1.51. The summed E-state index contributed by atoms with van der Waals surface area (Å²) < 4.78 is 0. The molecule has 0 heterocycles. The highest BCUT2D eigenvalue weighted by molar-refractivity contribution is 5.81. The maximum atomic E-state index is 12.4. The fraction of sp³-hybridized carbons (Fsp3) is 0.611. The van der Waals surface area contributed by atoms with Crippen molar-refractivity contribution in [2.45, 2.75) is 46.1 Å². The second kappa shape index (κ2) is 7.48. The quantitative estimate of drug-likeness (QED) is 0.900. The number of amides is 1. The summed E-state index contributed by atoms with van der Waals surface area (Å²) in [5, 5.41) is 3.25.